The van der Waals surface area contributed by atoms with Crippen LogP contribution in [0, 0.1) is 0 Å². The predicted octanol–water partition coefficient (Wildman–Crippen LogP) is 1.66. The average molecular weight is 264 g/mol. The van der Waals surface area contributed by atoms with Crippen molar-refractivity contribution in [1.29, 1.82) is 0 Å². The third-order valence-electron chi connectivity index (χ3n) is 2.06. The van der Waals surface area contributed by atoms with Crippen molar-refractivity contribution in [2.24, 2.45) is 0 Å². The molecule has 17 heavy (non-hydrogen) atoms. The van der Waals surface area contributed by atoms with E-state index in [2.05, 4.69) is 0 Å². The van der Waals surface area contributed by atoms with Gasteiger partial charge in [0.05, 0.1) is 4.90 Å². The normalized spacial score (nSPS) is 12.4. The number of hydrogen-bond donors (Lipinski definition) is 1. The van der Waals surface area contributed by atoms with E-state index in [9.17, 15) is 22.0 Å². The lowest BCUT2D eigenvalue weighted by molar-refractivity contribution is -0.145. The van der Waals surface area contributed by atoms with Gasteiger partial charge < -0.3 is 5.11 Å². The first-order valence-corrected chi connectivity index (χ1v) is 6.42. The molecule has 0 aromatic heterocycles. The fourth-order valence-electron chi connectivity index (χ4n) is 1.25. The Balaban J connectivity index is 3.20. The van der Waals surface area contributed by atoms with Gasteiger partial charge >= 0.3 is 5.97 Å². The van der Waals surface area contributed by atoms with Gasteiger partial charge in [-0.3, -0.25) is 4.79 Å². The van der Waals surface area contributed by atoms with Crippen molar-refractivity contribution in [2.75, 3.05) is 6.26 Å². The molecule has 0 heterocycles. The van der Waals surface area contributed by atoms with Crippen LogP contribution in [0.3, 0.4) is 0 Å². The van der Waals surface area contributed by atoms with Crippen molar-refractivity contribution in [2.45, 2.75) is 17.2 Å². The molecule has 7 heteroatoms. The summed E-state index contributed by atoms with van der Waals surface area (Å²) in [6.45, 7) is 0. The number of aliphatic carboxylic acids is 1. The van der Waals surface area contributed by atoms with E-state index in [4.69, 9.17) is 5.11 Å². The Morgan fingerprint density at radius 3 is 2.47 bits per heavy atom. The van der Waals surface area contributed by atoms with Crippen LogP contribution in [-0.2, 0) is 20.6 Å². The smallest absolute Gasteiger partial charge is 0.309 e. The zero-order chi connectivity index (χ0) is 13.3. The summed E-state index contributed by atoms with van der Waals surface area (Å²) in [4.78, 5) is 10.0. The molecule has 0 aliphatic carbocycles. The van der Waals surface area contributed by atoms with Gasteiger partial charge in [-0.05, 0) is 12.1 Å². The molecule has 0 bridgehead atoms. The molecule has 1 aromatic carbocycles. The lowest BCUT2D eigenvalue weighted by atomic mass is 10.1. The van der Waals surface area contributed by atoms with E-state index in [1.165, 1.54) is 6.07 Å². The minimum Gasteiger partial charge on any atom is -0.481 e. The maximum absolute atomic E-state index is 13.4. The molecule has 1 aromatic rings. The van der Waals surface area contributed by atoms with Gasteiger partial charge in [0.1, 0.15) is 6.42 Å². The molecule has 0 spiro atoms. The van der Waals surface area contributed by atoms with E-state index < -0.39 is 33.7 Å². The van der Waals surface area contributed by atoms with E-state index in [0.29, 0.717) is 0 Å². The standard InChI is InChI=1S/C10H10F2O4S/c1-17(15,16)8-4-2-3-7(5-8)10(11,12)6-9(13)14/h2-5H,6H2,1H3,(H,13,14). The van der Waals surface area contributed by atoms with Gasteiger partial charge in [-0.25, -0.2) is 17.2 Å². The number of alkyl halides is 2. The monoisotopic (exact) mass is 264 g/mol. The van der Waals surface area contributed by atoms with Crippen LogP contribution < -0.4 is 0 Å². The molecule has 0 fully saturated rings. The van der Waals surface area contributed by atoms with Gasteiger partial charge in [0.15, 0.2) is 9.84 Å². The van der Waals surface area contributed by atoms with Gasteiger partial charge in [-0.1, -0.05) is 12.1 Å². The molecular weight excluding hydrogens is 254 g/mol. The van der Waals surface area contributed by atoms with E-state index in [0.717, 1.165) is 24.5 Å². The zero-order valence-corrected chi connectivity index (χ0v) is 9.67. The Hall–Kier alpha value is -1.50. The van der Waals surface area contributed by atoms with Crippen LogP contribution in [0.25, 0.3) is 0 Å². The molecule has 4 nitrogen and oxygen atoms in total. The van der Waals surface area contributed by atoms with Crippen molar-refractivity contribution < 1.29 is 27.1 Å². The number of sulfone groups is 1. The Kier molecular flexibility index (Phi) is 3.51. The van der Waals surface area contributed by atoms with Crippen LogP contribution in [0.1, 0.15) is 12.0 Å². The highest BCUT2D eigenvalue weighted by Gasteiger charge is 2.35. The number of carboxylic acids is 1. The zero-order valence-electron chi connectivity index (χ0n) is 8.85. The first kappa shape index (κ1) is 13.6. The summed E-state index contributed by atoms with van der Waals surface area (Å²) in [5, 5.41) is 8.34. The highest BCUT2D eigenvalue weighted by atomic mass is 32.2. The molecule has 0 aliphatic rings. The number of hydrogen-bond acceptors (Lipinski definition) is 3. The second-order valence-corrected chi connectivity index (χ2v) is 5.59. The molecular formula is C10H10F2O4S. The second kappa shape index (κ2) is 4.40. The van der Waals surface area contributed by atoms with Gasteiger partial charge in [0, 0.05) is 11.8 Å². The topological polar surface area (TPSA) is 71.4 Å². The molecule has 94 valence electrons. The van der Waals surface area contributed by atoms with Crippen LogP contribution in [0.15, 0.2) is 29.2 Å². The summed E-state index contributed by atoms with van der Waals surface area (Å²) in [5.74, 6) is -5.24. The third kappa shape index (κ3) is 3.48. The SMILES string of the molecule is CS(=O)(=O)c1cccc(C(F)(F)CC(=O)O)c1. The first-order chi connectivity index (χ1) is 7.63. The number of carbonyl (C=O) groups is 1. The maximum Gasteiger partial charge on any atom is 0.309 e. The minimum absolute atomic E-state index is 0.264. The van der Waals surface area contributed by atoms with Crippen LogP contribution in [0.2, 0.25) is 0 Å². The lowest BCUT2D eigenvalue weighted by Crippen LogP contribution is -2.18. The fraction of sp³-hybridized carbons (Fsp3) is 0.300. The predicted molar refractivity (Wildman–Crippen MR) is 55.7 cm³/mol. The highest BCUT2D eigenvalue weighted by Crippen LogP contribution is 2.32. The second-order valence-electron chi connectivity index (χ2n) is 3.57. The Morgan fingerprint density at radius 2 is 2.00 bits per heavy atom. The van der Waals surface area contributed by atoms with Crippen molar-refractivity contribution in [1.82, 2.24) is 0 Å². The summed E-state index contributed by atoms with van der Waals surface area (Å²) in [6.07, 6.45) is -0.484. The molecule has 1 N–H and O–H groups in total. The Morgan fingerprint density at radius 1 is 1.41 bits per heavy atom. The van der Waals surface area contributed by atoms with E-state index in [1.54, 1.807) is 0 Å². The van der Waals surface area contributed by atoms with E-state index in [1.807, 2.05) is 0 Å². The van der Waals surface area contributed by atoms with E-state index >= 15 is 0 Å². The van der Waals surface area contributed by atoms with Gasteiger partial charge in [0.25, 0.3) is 5.92 Å². The van der Waals surface area contributed by atoms with Crippen LogP contribution >= 0.6 is 0 Å². The lowest BCUT2D eigenvalue weighted by Gasteiger charge is -2.14. The van der Waals surface area contributed by atoms with E-state index in [-0.39, 0.29) is 4.90 Å². The summed E-state index contributed by atoms with van der Waals surface area (Å²) in [6, 6.07) is 4.12. The summed E-state index contributed by atoms with van der Waals surface area (Å²) in [7, 11) is -3.59. The summed E-state index contributed by atoms with van der Waals surface area (Å²) in [5.41, 5.74) is -0.622. The Bertz CT molecular complexity index is 537. The maximum atomic E-state index is 13.4. The van der Waals surface area contributed by atoms with Gasteiger partial charge in [0.2, 0.25) is 0 Å². The van der Waals surface area contributed by atoms with Crippen molar-refractivity contribution in [3.05, 3.63) is 29.8 Å². The molecule has 0 saturated carbocycles. The number of rotatable bonds is 4. The highest BCUT2D eigenvalue weighted by molar-refractivity contribution is 7.90. The minimum atomic E-state index is -3.59. The molecule has 1 rings (SSSR count). The van der Waals surface area contributed by atoms with Crippen molar-refractivity contribution in [3.8, 4) is 0 Å². The molecule has 0 saturated heterocycles. The van der Waals surface area contributed by atoms with Crippen molar-refractivity contribution in [3.63, 3.8) is 0 Å². The number of halogens is 2. The van der Waals surface area contributed by atoms with Crippen molar-refractivity contribution >= 4 is 15.8 Å². The molecule has 0 unspecified atom stereocenters. The van der Waals surface area contributed by atoms with Crippen LogP contribution in [-0.4, -0.2) is 25.7 Å². The molecule has 0 amide bonds. The first-order valence-electron chi connectivity index (χ1n) is 4.53. The summed E-state index contributed by atoms with van der Waals surface area (Å²) < 4.78 is 49.1. The largest absolute Gasteiger partial charge is 0.481 e. The number of benzene rings is 1. The average Bonchev–Trinajstić information content (AvgIpc) is 2.14. The molecule has 0 radical (unpaired) electrons. The van der Waals surface area contributed by atoms with Gasteiger partial charge in [-0.15, -0.1) is 0 Å². The molecule has 0 aliphatic heterocycles. The van der Waals surface area contributed by atoms with Gasteiger partial charge in [-0.2, -0.15) is 0 Å². The fourth-order valence-corrected chi connectivity index (χ4v) is 1.91. The Labute approximate surface area is 96.8 Å². The quantitative estimate of drug-likeness (QED) is 0.897. The number of carboxylic acid groups (broad SMARTS) is 1. The van der Waals surface area contributed by atoms with Crippen LogP contribution in [0.4, 0.5) is 8.78 Å². The molecule has 0 atom stereocenters. The third-order valence-corrected chi connectivity index (χ3v) is 3.17. The summed E-state index contributed by atoms with van der Waals surface area (Å²) >= 11 is 0. The van der Waals surface area contributed by atoms with Crippen LogP contribution in [0.5, 0.6) is 0 Å².